The average Bonchev–Trinajstić information content (AvgIpc) is 2.37. The van der Waals surface area contributed by atoms with Gasteiger partial charge in [-0.05, 0) is 33.3 Å². The highest BCUT2D eigenvalue weighted by molar-refractivity contribution is 6.30. The average molecular weight is 343 g/mol. The van der Waals surface area contributed by atoms with Gasteiger partial charge in [0.25, 0.3) is 0 Å². The van der Waals surface area contributed by atoms with Gasteiger partial charge in [-0.25, -0.2) is 9.18 Å². The number of carbonyl (C=O) groups excluding carboxylic acids is 2. The van der Waals surface area contributed by atoms with Gasteiger partial charge in [0.15, 0.2) is 0 Å². The molecule has 2 amide bonds. The van der Waals surface area contributed by atoms with E-state index in [0.717, 1.165) is 0 Å². The number of likely N-dealkylation sites (tertiary alicyclic amines) is 1. The Labute approximate surface area is 139 Å². The molecular weight excluding hydrogens is 323 g/mol. The summed E-state index contributed by atoms with van der Waals surface area (Å²) in [6, 6.07) is 4.03. The predicted molar refractivity (Wildman–Crippen MR) is 84.6 cm³/mol. The molecule has 5 nitrogen and oxygen atoms in total. The van der Waals surface area contributed by atoms with Crippen molar-refractivity contribution in [1.29, 1.82) is 0 Å². The molecule has 0 aliphatic carbocycles. The van der Waals surface area contributed by atoms with Gasteiger partial charge in [0.2, 0.25) is 5.91 Å². The van der Waals surface area contributed by atoms with Gasteiger partial charge in [-0.1, -0.05) is 23.7 Å². The van der Waals surface area contributed by atoms with Crippen molar-refractivity contribution >= 4 is 23.6 Å². The summed E-state index contributed by atoms with van der Waals surface area (Å²) >= 11 is 5.70. The van der Waals surface area contributed by atoms with Gasteiger partial charge >= 0.3 is 6.09 Å². The van der Waals surface area contributed by atoms with Gasteiger partial charge < -0.3 is 10.1 Å². The second-order valence-electron chi connectivity index (χ2n) is 6.41. The SMILES string of the molecule is CC(C)(C)OC(=O)N1CCC1C(=O)NCc1cccc(Cl)c1F. The molecule has 1 fully saturated rings. The lowest BCUT2D eigenvalue weighted by Gasteiger charge is -2.40. The van der Waals surface area contributed by atoms with Gasteiger partial charge in [0.1, 0.15) is 17.5 Å². The van der Waals surface area contributed by atoms with Crippen molar-refractivity contribution in [3.05, 3.63) is 34.6 Å². The quantitative estimate of drug-likeness (QED) is 0.918. The van der Waals surface area contributed by atoms with Gasteiger partial charge in [0.05, 0.1) is 5.02 Å². The zero-order valence-corrected chi connectivity index (χ0v) is 14.1. The van der Waals surface area contributed by atoms with Crippen molar-refractivity contribution in [3.8, 4) is 0 Å². The Morgan fingerprint density at radius 2 is 2.13 bits per heavy atom. The minimum Gasteiger partial charge on any atom is -0.444 e. The second-order valence-corrected chi connectivity index (χ2v) is 6.82. The number of benzene rings is 1. The maximum Gasteiger partial charge on any atom is 0.410 e. The molecule has 1 saturated heterocycles. The third-order valence-corrected chi connectivity index (χ3v) is 3.73. The molecule has 0 radical (unpaired) electrons. The van der Waals surface area contributed by atoms with Gasteiger partial charge in [-0.2, -0.15) is 0 Å². The van der Waals surface area contributed by atoms with Crippen molar-refractivity contribution in [2.45, 2.75) is 45.4 Å². The van der Waals surface area contributed by atoms with E-state index in [1.807, 2.05) is 0 Å². The summed E-state index contributed by atoms with van der Waals surface area (Å²) in [5, 5.41) is 2.64. The summed E-state index contributed by atoms with van der Waals surface area (Å²) in [5.41, 5.74) is -0.313. The summed E-state index contributed by atoms with van der Waals surface area (Å²) in [4.78, 5) is 25.5. The molecule has 1 aromatic rings. The zero-order valence-electron chi connectivity index (χ0n) is 13.4. The van der Waals surface area contributed by atoms with Crippen LogP contribution in [0.3, 0.4) is 0 Å². The van der Waals surface area contributed by atoms with E-state index in [2.05, 4.69) is 5.32 Å². The highest BCUT2D eigenvalue weighted by Crippen LogP contribution is 2.22. The highest BCUT2D eigenvalue weighted by atomic mass is 35.5. The van der Waals surface area contributed by atoms with Crippen LogP contribution in [0.2, 0.25) is 5.02 Å². The Kier molecular flexibility index (Phi) is 5.14. The van der Waals surface area contributed by atoms with Crippen molar-refractivity contribution in [1.82, 2.24) is 10.2 Å². The topological polar surface area (TPSA) is 58.6 Å². The van der Waals surface area contributed by atoms with Crippen molar-refractivity contribution in [2.75, 3.05) is 6.54 Å². The van der Waals surface area contributed by atoms with E-state index in [1.54, 1.807) is 32.9 Å². The fourth-order valence-electron chi connectivity index (χ4n) is 2.18. The monoisotopic (exact) mass is 342 g/mol. The standard InChI is InChI=1S/C16H20ClFN2O3/c1-16(2,3)23-15(22)20-8-7-12(20)14(21)19-9-10-5-4-6-11(17)13(10)18/h4-6,12H,7-9H2,1-3H3,(H,19,21). The van der Waals surface area contributed by atoms with Gasteiger partial charge in [-0.3, -0.25) is 9.69 Å². The first kappa shape index (κ1) is 17.5. The highest BCUT2D eigenvalue weighted by Gasteiger charge is 2.39. The van der Waals surface area contributed by atoms with Crippen LogP contribution in [0.4, 0.5) is 9.18 Å². The maximum atomic E-state index is 13.8. The van der Waals surface area contributed by atoms with Gasteiger partial charge in [-0.15, -0.1) is 0 Å². The Morgan fingerprint density at radius 1 is 1.43 bits per heavy atom. The molecular formula is C16H20ClFN2O3. The van der Waals surface area contributed by atoms with Crippen LogP contribution in [-0.2, 0) is 16.1 Å². The van der Waals surface area contributed by atoms with Crippen LogP contribution in [0.5, 0.6) is 0 Å². The molecule has 0 spiro atoms. The van der Waals surface area contributed by atoms with E-state index in [4.69, 9.17) is 16.3 Å². The first-order valence-corrected chi connectivity index (χ1v) is 7.77. The first-order valence-electron chi connectivity index (χ1n) is 7.39. The fraction of sp³-hybridized carbons (Fsp3) is 0.500. The van der Waals surface area contributed by atoms with Crippen LogP contribution in [0.25, 0.3) is 0 Å². The largest absolute Gasteiger partial charge is 0.444 e. The Morgan fingerprint density at radius 3 is 2.70 bits per heavy atom. The van der Waals surface area contributed by atoms with Crippen LogP contribution in [0.1, 0.15) is 32.8 Å². The lowest BCUT2D eigenvalue weighted by Crippen LogP contribution is -2.59. The molecule has 126 valence electrons. The van der Waals surface area contributed by atoms with E-state index >= 15 is 0 Å². The van der Waals surface area contributed by atoms with Crippen LogP contribution in [-0.4, -0.2) is 35.1 Å². The third-order valence-electron chi connectivity index (χ3n) is 3.43. The number of hydrogen-bond acceptors (Lipinski definition) is 3. The second kappa shape index (κ2) is 6.74. The predicted octanol–water partition coefficient (Wildman–Crippen LogP) is 3.10. The third kappa shape index (κ3) is 4.34. The van der Waals surface area contributed by atoms with E-state index in [-0.39, 0.29) is 17.5 Å². The molecule has 0 bridgehead atoms. The van der Waals surface area contributed by atoms with E-state index < -0.39 is 23.6 Å². The zero-order chi connectivity index (χ0) is 17.2. The molecule has 1 aromatic carbocycles. The normalized spacial score (nSPS) is 17.4. The van der Waals surface area contributed by atoms with Gasteiger partial charge in [0, 0.05) is 18.7 Å². The number of halogens is 2. The van der Waals surface area contributed by atoms with Crippen LogP contribution in [0, 0.1) is 5.82 Å². The molecule has 0 saturated carbocycles. The number of hydrogen-bond donors (Lipinski definition) is 1. The summed E-state index contributed by atoms with van der Waals surface area (Å²) in [6.45, 7) is 5.79. The van der Waals surface area contributed by atoms with Crippen molar-refractivity contribution < 1.29 is 18.7 Å². The van der Waals surface area contributed by atoms with Crippen molar-refractivity contribution in [3.63, 3.8) is 0 Å². The molecule has 1 aliphatic rings. The summed E-state index contributed by atoms with van der Waals surface area (Å²) in [7, 11) is 0. The molecule has 7 heteroatoms. The first-order chi connectivity index (χ1) is 10.7. The molecule has 1 heterocycles. The molecule has 23 heavy (non-hydrogen) atoms. The molecule has 0 aromatic heterocycles. The van der Waals surface area contributed by atoms with Crippen LogP contribution in [0.15, 0.2) is 18.2 Å². The van der Waals surface area contributed by atoms with E-state index in [9.17, 15) is 14.0 Å². The lowest BCUT2D eigenvalue weighted by molar-refractivity contribution is -0.130. The minimum atomic E-state index is -0.613. The number of rotatable bonds is 3. The molecule has 1 atom stereocenters. The summed E-state index contributed by atoms with van der Waals surface area (Å²) in [6.07, 6.45) is 0.0427. The number of carbonyl (C=O) groups is 2. The Bertz CT molecular complexity index is 616. The summed E-state index contributed by atoms with van der Waals surface area (Å²) in [5.74, 6) is -0.881. The Balaban J connectivity index is 1.91. The minimum absolute atomic E-state index is 0.00998. The number of ether oxygens (including phenoxy) is 1. The lowest BCUT2D eigenvalue weighted by atomic mass is 10.0. The Hall–Kier alpha value is -1.82. The van der Waals surface area contributed by atoms with Crippen LogP contribution < -0.4 is 5.32 Å². The number of amides is 2. The molecule has 1 N–H and O–H groups in total. The smallest absolute Gasteiger partial charge is 0.410 e. The molecule has 2 rings (SSSR count). The number of nitrogens with one attached hydrogen (secondary N) is 1. The van der Waals surface area contributed by atoms with Crippen molar-refractivity contribution in [2.24, 2.45) is 0 Å². The fourth-order valence-corrected chi connectivity index (χ4v) is 2.38. The van der Waals surface area contributed by atoms with E-state index in [0.29, 0.717) is 18.5 Å². The molecule has 1 aliphatic heterocycles. The maximum absolute atomic E-state index is 13.8. The van der Waals surface area contributed by atoms with Crippen LogP contribution >= 0.6 is 11.6 Å². The summed E-state index contributed by atoms with van der Waals surface area (Å²) < 4.78 is 19.0. The molecule has 1 unspecified atom stereocenters. The van der Waals surface area contributed by atoms with E-state index in [1.165, 1.54) is 11.0 Å². The number of nitrogens with zero attached hydrogens (tertiary/aromatic N) is 1.